The van der Waals surface area contributed by atoms with E-state index in [1.54, 1.807) is 18.2 Å². The van der Waals surface area contributed by atoms with Gasteiger partial charge in [-0.1, -0.05) is 29.3 Å². The van der Waals surface area contributed by atoms with Gasteiger partial charge in [0.1, 0.15) is 25.2 Å². The molecule has 0 aromatic heterocycles. The van der Waals surface area contributed by atoms with Crippen molar-refractivity contribution in [3.63, 3.8) is 0 Å². The van der Waals surface area contributed by atoms with Crippen molar-refractivity contribution in [3.8, 4) is 11.5 Å². The highest BCUT2D eigenvalue weighted by Gasteiger charge is 2.17. The normalized spacial score (nSPS) is 13.3. The zero-order chi connectivity index (χ0) is 16.9. The van der Waals surface area contributed by atoms with Crippen LogP contribution in [0, 0.1) is 6.92 Å². The van der Waals surface area contributed by atoms with Crippen molar-refractivity contribution in [2.45, 2.75) is 6.92 Å². The van der Waals surface area contributed by atoms with E-state index in [-0.39, 0.29) is 5.76 Å². The molecule has 24 heavy (non-hydrogen) atoms. The molecule has 124 valence electrons. The Balaban J connectivity index is 1.81. The lowest BCUT2D eigenvalue weighted by Gasteiger charge is -2.17. The molecule has 1 N–H and O–H groups in total. The van der Waals surface area contributed by atoms with E-state index in [9.17, 15) is 4.79 Å². The first-order valence-electron chi connectivity index (χ1n) is 7.42. The van der Waals surface area contributed by atoms with E-state index < -0.39 is 5.91 Å². The van der Waals surface area contributed by atoms with Gasteiger partial charge in [-0.05, 0) is 37.3 Å². The lowest BCUT2D eigenvalue weighted by molar-refractivity contribution is -0.117. The molecule has 0 saturated heterocycles. The first-order chi connectivity index (χ1) is 11.6. The minimum atomic E-state index is -0.425. The molecule has 0 saturated carbocycles. The van der Waals surface area contributed by atoms with E-state index in [1.165, 1.54) is 6.26 Å². The molecule has 0 fully saturated rings. The number of anilines is 1. The first kappa shape index (κ1) is 16.2. The highest BCUT2D eigenvalue weighted by molar-refractivity contribution is 6.31. The highest BCUT2D eigenvalue weighted by Crippen LogP contribution is 2.32. The number of carbonyl (C=O) groups is 1. The maximum Gasteiger partial charge on any atom is 0.294 e. The Morgan fingerprint density at radius 1 is 1.17 bits per heavy atom. The Morgan fingerprint density at radius 3 is 2.67 bits per heavy atom. The standard InChI is InChI=1S/C18H16ClNO4/c1-12-2-5-14(6-3-12)24-16-7-4-13(19)10-15(16)20-18(21)17-11-22-8-9-23-17/h2-7,10-11H,8-9H2,1H3,(H,20,21). The summed E-state index contributed by atoms with van der Waals surface area (Å²) in [4.78, 5) is 12.2. The summed E-state index contributed by atoms with van der Waals surface area (Å²) in [5.41, 5.74) is 1.58. The molecule has 0 aliphatic carbocycles. The van der Waals surface area contributed by atoms with Gasteiger partial charge in [0.25, 0.3) is 5.91 Å². The highest BCUT2D eigenvalue weighted by atomic mass is 35.5. The lowest BCUT2D eigenvalue weighted by Crippen LogP contribution is -2.21. The van der Waals surface area contributed by atoms with Gasteiger partial charge >= 0.3 is 0 Å². The number of aryl methyl sites for hydroxylation is 1. The summed E-state index contributed by atoms with van der Waals surface area (Å²) in [7, 11) is 0. The molecule has 1 amide bonds. The van der Waals surface area contributed by atoms with Gasteiger partial charge in [0.2, 0.25) is 5.76 Å². The van der Waals surface area contributed by atoms with Gasteiger partial charge in [0.05, 0.1) is 5.69 Å². The van der Waals surface area contributed by atoms with Crippen LogP contribution >= 0.6 is 11.6 Å². The molecule has 0 unspecified atom stereocenters. The predicted octanol–water partition coefficient (Wildman–Crippen LogP) is 4.27. The number of carbonyl (C=O) groups excluding carboxylic acids is 1. The molecule has 1 heterocycles. The van der Waals surface area contributed by atoms with E-state index in [1.807, 2.05) is 31.2 Å². The fourth-order valence-electron chi connectivity index (χ4n) is 2.09. The van der Waals surface area contributed by atoms with Crippen molar-refractivity contribution >= 4 is 23.2 Å². The van der Waals surface area contributed by atoms with Gasteiger partial charge in [-0.25, -0.2) is 0 Å². The Labute approximate surface area is 144 Å². The summed E-state index contributed by atoms with van der Waals surface area (Å²) in [6.45, 7) is 2.76. The molecule has 1 aliphatic heterocycles. The largest absolute Gasteiger partial charge is 0.494 e. The van der Waals surface area contributed by atoms with Crippen LogP contribution in [-0.4, -0.2) is 19.1 Å². The molecular weight excluding hydrogens is 330 g/mol. The Hall–Kier alpha value is -2.66. The number of hydrogen-bond donors (Lipinski definition) is 1. The fourth-order valence-corrected chi connectivity index (χ4v) is 2.27. The van der Waals surface area contributed by atoms with Crippen molar-refractivity contribution < 1.29 is 19.0 Å². The van der Waals surface area contributed by atoms with Gasteiger partial charge in [-0.2, -0.15) is 0 Å². The predicted molar refractivity (Wildman–Crippen MR) is 91.3 cm³/mol. The number of amides is 1. The number of hydrogen-bond acceptors (Lipinski definition) is 4. The van der Waals surface area contributed by atoms with E-state index in [2.05, 4.69) is 5.32 Å². The van der Waals surface area contributed by atoms with Crippen LogP contribution in [-0.2, 0) is 14.3 Å². The molecule has 6 heteroatoms. The van der Waals surface area contributed by atoms with E-state index >= 15 is 0 Å². The summed E-state index contributed by atoms with van der Waals surface area (Å²) < 4.78 is 16.2. The Bertz CT molecular complexity index is 771. The molecule has 0 radical (unpaired) electrons. The quantitative estimate of drug-likeness (QED) is 0.899. The van der Waals surface area contributed by atoms with Crippen LogP contribution in [0.1, 0.15) is 5.56 Å². The van der Waals surface area contributed by atoms with Gasteiger partial charge in [-0.15, -0.1) is 0 Å². The Kier molecular flexibility index (Phi) is 4.91. The summed E-state index contributed by atoms with van der Waals surface area (Å²) in [5, 5.41) is 3.21. The van der Waals surface area contributed by atoms with Crippen LogP contribution in [0.15, 0.2) is 54.5 Å². The summed E-state index contributed by atoms with van der Waals surface area (Å²) in [5.74, 6) is 0.831. The molecule has 1 aliphatic rings. The van der Waals surface area contributed by atoms with Crippen LogP contribution < -0.4 is 10.1 Å². The van der Waals surface area contributed by atoms with Gasteiger partial charge < -0.3 is 19.5 Å². The summed E-state index contributed by atoms with van der Waals surface area (Å²) in [6, 6.07) is 12.6. The summed E-state index contributed by atoms with van der Waals surface area (Å²) in [6.07, 6.45) is 1.30. The zero-order valence-electron chi connectivity index (χ0n) is 13.0. The molecular formula is C18H16ClNO4. The van der Waals surface area contributed by atoms with Crippen LogP contribution in [0.25, 0.3) is 0 Å². The maximum absolute atomic E-state index is 12.2. The van der Waals surface area contributed by atoms with Gasteiger partial charge in [0, 0.05) is 5.02 Å². The van der Waals surface area contributed by atoms with Crippen molar-refractivity contribution in [3.05, 3.63) is 65.1 Å². The van der Waals surface area contributed by atoms with Crippen molar-refractivity contribution in [2.75, 3.05) is 18.5 Å². The molecule has 3 rings (SSSR count). The molecule has 0 atom stereocenters. The smallest absolute Gasteiger partial charge is 0.294 e. The fraction of sp³-hybridized carbons (Fsp3) is 0.167. The number of halogens is 1. The zero-order valence-corrected chi connectivity index (χ0v) is 13.8. The second-order valence-electron chi connectivity index (χ2n) is 5.21. The number of ether oxygens (including phenoxy) is 3. The third kappa shape index (κ3) is 4.00. The second-order valence-corrected chi connectivity index (χ2v) is 5.65. The monoisotopic (exact) mass is 345 g/mol. The van der Waals surface area contributed by atoms with Crippen molar-refractivity contribution in [2.24, 2.45) is 0 Å². The first-order valence-corrected chi connectivity index (χ1v) is 7.79. The van der Waals surface area contributed by atoms with E-state index in [0.717, 1.165) is 5.56 Å². The maximum atomic E-state index is 12.2. The molecule has 2 aromatic rings. The topological polar surface area (TPSA) is 56.8 Å². The molecule has 0 spiro atoms. The molecule has 2 aromatic carbocycles. The van der Waals surface area contributed by atoms with Crippen LogP contribution in [0.5, 0.6) is 11.5 Å². The minimum absolute atomic E-state index is 0.113. The van der Waals surface area contributed by atoms with Gasteiger partial charge in [-0.3, -0.25) is 4.79 Å². The third-order valence-electron chi connectivity index (χ3n) is 3.31. The lowest BCUT2D eigenvalue weighted by atomic mass is 10.2. The second kappa shape index (κ2) is 7.27. The summed E-state index contributed by atoms with van der Waals surface area (Å²) >= 11 is 6.03. The SMILES string of the molecule is Cc1ccc(Oc2ccc(Cl)cc2NC(=O)C2=COCCO2)cc1. The third-order valence-corrected chi connectivity index (χ3v) is 3.55. The average Bonchev–Trinajstić information content (AvgIpc) is 2.60. The number of nitrogens with one attached hydrogen (secondary N) is 1. The molecule has 0 bridgehead atoms. The van der Waals surface area contributed by atoms with Gasteiger partial charge in [0.15, 0.2) is 5.75 Å². The van der Waals surface area contributed by atoms with Crippen LogP contribution in [0.4, 0.5) is 5.69 Å². The van der Waals surface area contributed by atoms with Crippen molar-refractivity contribution in [1.29, 1.82) is 0 Å². The van der Waals surface area contributed by atoms with E-state index in [0.29, 0.717) is 35.4 Å². The molecule has 5 nitrogen and oxygen atoms in total. The number of benzene rings is 2. The van der Waals surface area contributed by atoms with Crippen LogP contribution in [0.3, 0.4) is 0 Å². The van der Waals surface area contributed by atoms with E-state index in [4.69, 9.17) is 25.8 Å². The number of rotatable bonds is 4. The Morgan fingerprint density at radius 2 is 1.96 bits per heavy atom. The minimum Gasteiger partial charge on any atom is -0.494 e. The average molecular weight is 346 g/mol. The van der Waals surface area contributed by atoms with Crippen LogP contribution in [0.2, 0.25) is 5.02 Å². The van der Waals surface area contributed by atoms with Crippen molar-refractivity contribution in [1.82, 2.24) is 0 Å².